The maximum absolute atomic E-state index is 12.4. The van der Waals surface area contributed by atoms with E-state index in [2.05, 4.69) is 5.32 Å². The zero-order valence-corrected chi connectivity index (χ0v) is 15.1. The molecule has 5 rings (SSSR count). The lowest BCUT2D eigenvalue weighted by Gasteiger charge is -2.40. The summed E-state index contributed by atoms with van der Waals surface area (Å²) in [5.41, 5.74) is 0.726. The maximum atomic E-state index is 12.4. The Bertz CT molecular complexity index is 843. The van der Waals surface area contributed by atoms with E-state index in [1.807, 2.05) is 0 Å². The summed E-state index contributed by atoms with van der Waals surface area (Å²) in [5.74, 6) is -0.704. The zero-order chi connectivity index (χ0) is 19.6. The van der Waals surface area contributed by atoms with Crippen LogP contribution in [0.15, 0.2) is 12.1 Å². The average Bonchev–Trinajstić information content (AvgIpc) is 3.31. The number of carbonyl (C=O) groups is 2. The molecule has 28 heavy (non-hydrogen) atoms. The number of likely N-dealkylation sites (tertiary alicyclic amines) is 1. The van der Waals surface area contributed by atoms with E-state index in [0.29, 0.717) is 26.1 Å². The van der Waals surface area contributed by atoms with Crippen LogP contribution in [0.4, 0.5) is 0 Å². The summed E-state index contributed by atoms with van der Waals surface area (Å²) in [4.78, 5) is 25.9. The van der Waals surface area contributed by atoms with Crippen molar-refractivity contribution in [2.75, 3.05) is 19.6 Å². The smallest absolute Gasteiger partial charge is 0.526 e. The van der Waals surface area contributed by atoms with E-state index in [-0.39, 0.29) is 46.9 Å². The van der Waals surface area contributed by atoms with E-state index in [1.165, 1.54) is 0 Å². The molecular weight excluding hydrogens is 367 g/mol. The van der Waals surface area contributed by atoms with Crippen LogP contribution in [-0.2, 0) is 4.79 Å². The second-order valence-corrected chi connectivity index (χ2v) is 8.01. The number of hydrogen-bond donors (Lipinski definition) is 4. The van der Waals surface area contributed by atoms with Gasteiger partial charge < -0.3 is 34.8 Å². The number of nitrogens with one attached hydrogen (secondary N) is 1. The molecule has 0 aromatic heterocycles. The number of aliphatic hydroxyl groups excluding tert-OH is 1. The standard InChI is InChI=1S/C18H21BN2O7/c22-8-3-13(20-5-8)17(23)21-6-9(7-21)27-14-2-1-10-11-4-12(11)19(26)28-16(10)15(14)18(24)25/h1-2,8-9,11-13,20,22,26H,3-7H2,(H,24,25)/t8-,11?,12-,13+/m1/s1. The van der Waals surface area contributed by atoms with Gasteiger partial charge in [-0.15, -0.1) is 0 Å². The minimum absolute atomic E-state index is 0.0369. The fourth-order valence-electron chi connectivity index (χ4n) is 4.39. The van der Waals surface area contributed by atoms with Gasteiger partial charge in [-0.2, -0.15) is 0 Å². The summed E-state index contributed by atoms with van der Waals surface area (Å²) in [7, 11) is -0.989. The first-order chi connectivity index (χ1) is 13.4. The first-order valence-corrected chi connectivity index (χ1v) is 9.54. The van der Waals surface area contributed by atoms with E-state index >= 15 is 0 Å². The number of ether oxygens (including phenoxy) is 1. The molecule has 1 saturated carbocycles. The average molecular weight is 388 g/mol. The molecule has 1 amide bonds. The van der Waals surface area contributed by atoms with Crippen LogP contribution in [0.5, 0.6) is 11.5 Å². The highest BCUT2D eigenvalue weighted by Gasteiger charge is 2.54. The van der Waals surface area contributed by atoms with Crippen LogP contribution >= 0.6 is 0 Å². The molecule has 0 radical (unpaired) electrons. The summed E-state index contributed by atoms with van der Waals surface area (Å²) in [6.45, 7) is 1.13. The number of carboxylic acid groups (broad SMARTS) is 1. The van der Waals surface area contributed by atoms with E-state index < -0.39 is 19.2 Å². The highest BCUT2D eigenvalue weighted by atomic mass is 16.5. The Kier molecular flexibility index (Phi) is 4.04. The van der Waals surface area contributed by atoms with E-state index in [9.17, 15) is 24.8 Å². The van der Waals surface area contributed by atoms with E-state index in [1.54, 1.807) is 17.0 Å². The van der Waals surface area contributed by atoms with Crippen molar-refractivity contribution in [1.82, 2.24) is 10.2 Å². The molecule has 1 aromatic rings. The van der Waals surface area contributed by atoms with Gasteiger partial charge in [0.05, 0.1) is 25.2 Å². The predicted octanol–water partition coefficient (Wildman–Crippen LogP) is -0.572. The van der Waals surface area contributed by atoms with Crippen molar-refractivity contribution in [3.05, 3.63) is 23.3 Å². The summed E-state index contributed by atoms with van der Waals surface area (Å²) < 4.78 is 11.3. The van der Waals surface area contributed by atoms with Gasteiger partial charge in [0.15, 0.2) is 0 Å². The molecule has 9 nitrogen and oxygen atoms in total. The second kappa shape index (κ2) is 6.36. The maximum Gasteiger partial charge on any atom is 0.526 e. The molecule has 1 unspecified atom stereocenters. The molecule has 4 aliphatic rings. The highest BCUT2D eigenvalue weighted by molar-refractivity contribution is 6.48. The van der Waals surface area contributed by atoms with Crippen molar-refractivity contribution in [2.45, 2.75) is 42.8 Å². The SMILES string of the molecule is O=C(O)c1c(OC2CN(C(=O)[C@@H]3C[C@@H](O)CN3)C2)ccc2c1OB(O)[C@@H]1CC21. The Morgan fingerprint density at radius 2 is 2.07 bits per heavy atom. The van der Waals surface area contributed by atoms with Gasteiger partial charge in [0.1, 0.15) is 23.2 Å². The first kappa shape index (κ1) is 17.8. The number of β-amino-alcohol motifs (C(OH)–C–C–N with tert-alkyl or cyclic N) is 1. The normalized spacial score (nSPS) is 30.8. The van der Waals surface area contributed by atoms with Gasteiger partial charge in [-0.05, 0) is 30.4 Å². The molecule has 4 N–H and O–H groups in total. The van der Waals surface area contributed by atoms with Crippen molar-refractivity contribution < 1.29 is 34.2 Å². The number of aliphatic hydroxyl groups is 1. The van der Waals surface area contributed by atoms with Crippen LogP contribution in [0.1, 0.15) is 34.7 Å². The summed E-state index contributed by atoms with van der Waals surface area (Å²) in [6, 6.07) is 3.06. The zero-order valence-electron chi connectivity index (χ0n) is 15.1. The quantitative estimate of drug-likeness (QED) is 0.505. The molecule has 148 valence electrons. The van der Waals surface area contributed by atoms with Crippen LogP contribution in [0.2, 0.25) is 5.82 Å². The van der Waals surface area contributed by atoms with Crippen molar-refractivity contribution in [3.8, 4) is 11.5 Å². The molecule has 1 aromatic carbocycles. The number of nitrogens with zero attached hydrogens (tertiary/aromatic N) is 1. The fraction of sp³-hybridized carbons (Fsp3) is 0.556. The lowest BCUT2D eigenvalue weighted by molar-refractivity contribution is -0.142. The molecule has 3 heterocycles. The van der Waals surface area contributed by atoms with Gasteiger partial charge in [0.25, 0.3) is 0 Å². The number of aromatic carboxylic acids is 1. The number of rotatable bonds is 4. The number of benzene rings is 1. The van der Waals surface area contributed by atoms with Crippen LogP contribution in [-0.4, -0.2) is 77.0 Å². The topological polar surface area (TPSA) is 129 Å². The minimum atomic E-state index is -1.17. The molecule has 3 aliphatic heterocycles. The Hall–Kier alpha value is -2.30. The Balaban J connectivity index is 1.28. The monoisotopic (exact) mass is 388 g/mol. The van der Waals surface area contributed by atoms with Crippen molar-refractivity contribution >= 4 is 19.0 Å². The molecule has 0 bridgehead atoms. The van der Waals surface area contributed by atoms with Gasteiger partial charge in [-0.1, -0.05) is 6.07 Å². The number of amides is 1. The summed E-state index contributed by atoms with van der Waals surface area (Å²) >= 11 is 0. The molecule has 3 fully saturated rings. The molecule has 2 saturated heterocycles. The lowest BCUT2D eigenvalue weighted by Crippen LogP contribution is -2.59. The number of carboxylic acids is 1. The number of fused-ring (bicyclic) bond motifs is 3. The Morgan fingerprint density at radius 1 is 1.29 bits per heavy atom. The summed E-state index contributed by atoms with van der Waals surface area (Å²) in [5, 5.41) is 32.2. The molecular formula is C18H21BN2O7. The van der Waals surface area contributed by atoms with Crippen molar-refractivity contribution in [2.24, 2.45) is 0 Å². The van der Waals surface area contributed by atoms with Crippen LogP contribution in [0, 0.1) is 0 Å². The largest absolute Gasteiger partial charge is 0.535 e. The second-order valence-electron chi connectivity index (χ2n) is 8.01. The first-order valence-electron chi connectivity index (χ1n) is 9.54. The van der Waals surface area contributed by atoms with Gasteiger partial charge in [0.2, 0.25) is 5.91 Å². The Labute approximate surface area is 161 Å². The highest BCUT2D eigenvalue weighted by Crippen LogP contribution is 2.60. The Morgan fingerprint density at radius 3 is 2.75 bits per heavy atom. The third-order valence-electron chi connectivity index (χ3n) is 6.07. The van der Waals surface area contributed by atoms with Crippen molar-refractivity contribution in [3.63, 3.8) is 0 Å². The predicted molar refractivity (Wildman–Crippen MR) is 96.5 cm³/mol. The van der Waals surface area contributed by atoms with Crippen LogP contribution < -0.4 is 14.7 Å². The third-order valence-corrected chi connectivity index (χ3v) is 6.07. The molecule has 10 heteroatoms. The number of hydrogen-bond acceptors (Lipinski definition) is 7. The fourth-order valence-corrected chi connectivity index (χ4v) is 4.39. The van der Waals surface area contributed by atoms with E-state index in [0.717, 1.165) is 12.0 Å². The summed E-state index contributed by atoms with van der Waals surface area (Å²) in [6.07, 6.45) is 0.374. The minimum Gasteiger partial charge on any atom is -0.535 e. The van der Waals surface area contributed by atoms with Gasteiger partial charge in [-0.25, -0.2) is 4.79 Å². The van der Waals surface area contributed by atoms with Gasteiger partial charge in [0, 0.05) is 12.4 Å². The van der Waals surface area contributed by atoms with Crippen LogP contribution in [0.3, 0.4) is 0 Å². The molecule has 1 aliphatic carbocycles. The number of carbonyl (C=O) groups excluding carboxylic acids is 1. The van der Waals surface area contributed by atoms with E-state index in [4.69, 9.17) is 9.39 Å². The lowest BCUT2D eigenvalue weighted by atomic mass is 9.77. The molecule has 0 spiro atoms. The van der Waals surface area contributed by atoms with Gasteiger partial charge in [-0.3, -0.25) is 4.79 Å². The van der Waals surface area contributed by atoms with Crippen LogP contribution in [0.25, 0.3) is 0 Å². The molecule has 4 atom stereocenters. The van der Waals surface area contributed by atoms with Gasteiger partial charge >= 0.3 is 13.1 Å². The van der Waals surface area contributed by atoms with Crippen molar-refractivity contribution in [1.29, 1.82) is 0 Å². The third kappa shape index (κ3) is 2.83.